The van der Waals surface area contributed by atoms with Crippen LogP contribution in [0.15, 0.2) is 12.1 Å². The lowest BCUT2D eigenvalue weighted by molar-refractivity contribution is 0.0633. The summed E-state index contributed by atoms with van der Waals surface area (Å²) in [6.45, 7) is 6.01. The number of imidazole rings is 1. The van der Waals surface area contributed by atoms with Crippen molar-refractivity contribution in [1.29, 1.82) is 0 Å². The molecule has 2 rings (SSSR count). The molecular formula is C14H22N4O. The molecule has 0 radical (unpaired) electrons. The SMILES string of the molecule is Cc1cc2c(cc1N(C)C)nc(N)n2CC(C)(C)O. The van der Waals surface area contributed by atoms with Gasteiger partial charge < -0.3 is 20.3 Å². The number of rotatable bonds is 3. The average Bonchev–Trinajstić information content (AvgIpc) is 2.52. The molecule has 0 aliphatic rings. The van der Waals surface area contributed by atoms with E-state index in [1.807, 2.05) is 24.7 Å². The number of aliphatic hydroxyl groups is 1. The number of nitrogens with two attached hydrogens (primary N) is 1. The van der Waals surface area contributed by atoms with Crippen molar-refractivity contribution >= 4 is 22.7 Å². The van der Waals surface area contributed by atoms with E-state index in [-0.39, 0.29) is 0 Å². The Labute approximate surface area is 113 Å². The van der Waals surface area contributed by atoms with Gasteiger partial charge in [-0.1, -0.05) is 0 Å². The Bertz CT molecular complexity index is 608. The molecule has 0 aliphatic heterocycles. The third-order valence-electron chi connectivity index (χ3n) is 3.12. The van der Waals surface area contributed by atoms with E-state index in [0.29, 0.717) is 12.5 Å². The van der Waals surface area contributed by atoms with Crippen LogP contribution in [-0.4, -0.2) is 34.4 Å². The van der Waals surface area contributed by atoms with Gasteiger partial charge in [-0.2, -0.15) is 0 Å². The van der Waals surface area contributed by atoms with Crippen LogP contribution in [0, 0.1) is 6.92 Å². The highest BCUT2D eigenvalue weighted by atomic mass is 16.3. The summed E-state index contributed by atoms with van der Waals surface area (Å²) < 4.78 is 1.86. The molecular weight excluding hydrogens is 240 g/mol. The Kier molecular flexibility index (Phi) is 3.18. The maximum atomic E-state index is 9.97. The molecule has 0 saturated heterocycles. The number of aromatic nitrogens is 2. The van der Waals surface area contributed by atoms with E-state index in [1.165, 1.54) is 0 Å². The molecule has 0 atom stereocenters. The number of hydrogen-bond donors (Lipinski definition) is 2. The summed E-state index contributed by atoms with van der Waals surface area (Å²) in [5.74, 6) is 0.437. The molecule has 5 heteroatoms. The molecule has 0 bridgehead atoms. The van der Waals surface area contributed by atoms with Crippen molar-refractivity contribution in [2.45, 2.75) is 32.9 Å². The van der Waals surface area contributed by atoms with Crippen molar-refractivity contribution in [3.05, 3.63) is 17.7 Å². The van der Waals surface area contributed by atoms with Gasteiger partial charge in [0.15, 0.2) is 0 Å². The highest BCUT2D eigenvalue weighted by Gasteiger charge is 2.18. The van der Waals surface area contributed by atoms with Crippen molar-refractivity contribution in [3.8, 4) is 0 Å². The topological polar surface area (TPSA) is 67.3 Å². The van der Waals surface area contributed by atoms with Gasteiger partial charge in [-0.05, 0) is 38.5 Å². The van der Waals surface area contributed by atoms with Crippen molar-refractivity contribution in [3.63, 3.8) is 0 Å². The van der Waals surface area contributed by atoms with Crippen LogP contribution in [0.1, 0.15) is 19.4 Å². The van der Waals surface area contributed by atoms with Crippen LogP contribution in [0.2, 0.25) is 0 Å². The van der Waals surface area contributed by atoms with Crippen molar-refractivity contribution in [2.24, 2.45) is 0 Å². The maximum Gasteiger partial charge on any atom is 0.201 e. The summed E-state index contributed by atoms with van der Waals surface area (Å²) in [7, 11) is 4.01. The minimum atomic E-state index is -0.824. The van der Waals surface area contributed by atoms with Crippen LogP contribution >= 0.6 is 0 Å². The molecule has 1 aromatic carbocycles. The number of anilines is 2. The first-order valence-corrected chi connectivity index (χ1v) is 6.35. The number of nitrogen functional groups attached to an aromatic ring is 1. The third kappa shape index (κ3) is 2.66. The number of nitrogens with zero attached hydrogens (tertiary/aromatic N) is 3. The molecule has 0 amide bonds. The first-order valence-electron chi connectivity index (χ1n) is 6.35. The average molecular weight is 262 g/mol. The summed E-state index contributed by atoms with van der Waals surface area (Å²) in [5.41, 5.74) is 9.25. The zero-order valence-corrected chi connectivity index (χ0v) is 12.2. The Morgan fingerprint density at radius 3 is 2.53 bits per heavy atom. The molecule has 1 heterocycles. The smallest absolute Gasteiger partial charge is 0.201 e. The van der Waals surface area contributed by atoms with Gasteiger partial charge in [0.1, 0.15) is 0 Å². The Balaban J connectivity index is 2.61. The maximum absolute atomic E-state index is 9.97. The zero-order valence-electron chi connectivity index (χ0n) is 12.2. The van der Waals surface area contributed by atoms with E-state index >= 15 is 0 Å². The molecule has 0 saturated carbocycles. The minimum absolute atomic E-state index is 0.427. The van der Waals surface area contributed by atoms with Gasteiger partial charge >= 0.3 is 0 Å². The Hall–Kier alpha value is -1.75. The highest BCUT2D eigenvalue weighted by molar-refractivity contribution is 5.84. The minimum Gasteiger partial charge on any atom is -0.389 e. The van der Waals surface area contributed by atoms with Crippen molar-refractivity contribution < 1.29 is 5.11 Å². The van der Waals surface area contributed by atoms with Gasteiger partial charge in [-0.3, -0.25) is 0 Å². The molecule has 3 N–H and O–H groups in total. The van der Waals surface area contributed by atoms with Gasteiger partial charge in [0.2, 0.25) is 5.95 Å². The first kappa shape index (κ1) is 13.7. The van der Waals surface area contributed by atoms with Crippen LogP contribution in [0.3, 0.4) is 0 Å². The monoisotopic (exact) mass is 262 g/mol. The van der Waals surface area contributed by atoms with E-state index in [0.717, 1.165) is 22.3 Å². The summed E-state index contributed by atoms with van der Waals surface area (Å²) in [4.78, 5) is 6.44. The standard InChI is InChI=1S/C14H22N4O/c1-9-6-12-10(7-11(9)17(4)5)16-13(15)18(12)8-14(2,3)19/h6-7,19H,8H2,1-5H3,(H2,15,16). The molecule has 0 unspecified atom stereocenters. The molecule has 1 aromatic heterocycles. The van der Waals surface area contributed by atoms with E-state index in [9.17, 15) is 5.11 Å². The summed E-state index contributed by atoms with van der Waals surface area (Å²) >= 11 is 0. The number of aryl methyl sites for hydroxylation is 1. The zero-order chi connectivity index (χ0) is 14.4. The normalized spacial score (nSPS) is 12.1. The fourth-order valence-corrected chi connectivity index (χ4v) is 2.32. The van der Waals surface area contributed by atoms with E-state index in [2.05, 4.69) is 22.9 Å². The number of hydrogen-bond acceptors (Lipinski definition) is 4. The predicted octanol–water partition coefficient (Wildman–Crippen LogP) is 1.76. The fraction of sp³-hybridized carbons (Fsp3) is 0.500. The van der Waals surface area contributed by atoms with Crippen LogP contribution in [0.25, 0.3) is 11.0 Å². The largest absolute Gasteiger partial charge is 0.389 e. The van der Waals surface area contributed by atoms with Gasteiger partial charge in [0, 0.05) is 19.8 Å². The van der Waals surface area contributed by atoms with Crippen molar-refractivity contribution in [1.82, 2.24) is 9.55 Å². The molecule has 0 spiro atoms. The molecule has 2 aromatic rings. The summed E-state index contributed by atoms with van der Waals surface area (Å²) in [6, 6.07) is 4.10. The molecule has 0 aliphatic carbocycles. The molecule has 104 valence electrons. The van der Waals surface area contributed by atoms with Crippen LogP contribution in [-0.2, 0) is 6.54 Å². The second-order valence-electron chi connectivity index (χ2n) is 5.89. The second-order valence-corrected chi connectivity index (χ2v) is 5.89. The molecule has 19 heavy (non-hydrogen) atoms. The quantitative estimate of drug-likeness (QED) is 0.884. The summed E-state index contributed by atoms with van der Waals surface area (Å²) in [5, 5.41) is 9.97. The lowest BCUT2D eigenvalue weighted by Gasteiger charge is -2.20. The van der Waals surface area contributed by atoms with E-state index < -0.39 is 5.60 Å². The lowest BCUT2D eigenvalue weighted by atomic mass is 10.1. The van der Waals surface area contributed by atoms with Gasteiger partial charge in [-0.25, -0.2) is 4.98 Å². The van der Waals surface area contributed by atoms with Crippen LogP contribution in [0.5, 0.6) is 0 Å². The first-order chi connectivity index (χ1) is 8.69. The van der Waals surface area contributed by atoms with Gasteiger partial charge in [-0.15, -0.1) is 0 Å². The lowest BCUT2D eigenvalue weighted by Crippen LogP contribution is -2.26. The second kappa shape index (κ2) is 4.42. The Morgan fingerprint density at radius 2 is 2.00 bits per heavy atom. The van der Waals surface area contributed by atoms with Crippen LogP contribution < -0.4 is 10.6 Å². The number of benzene rings is 1. The van der Waals surface area contributed by atoms with E-state index in [1.54, 1.807) is 13.8 Å². The Morgan fingerprint density at radius 1 is 1.37 bits per heavy atom. The summed E-state index contributed by atoms with van der Waals surface area (Å²) in [6.07, 6.45) is 0. The highest BCUT2D eigenvalue weighted by Crippen LogP contribution is 2.27. The predicted molar refractivity (Wildman–Crippen MR) is 79.5 cm³/mol. The number of fused-ring (bicyclic) bond motifs is 1. The van der Waals surface area contributed by atoms with Gasteiger partial charge in [0.25, 0.3) is 0 Å². The molecule has 5 nitrogen and oxygen atoms in total. The van der Waals surface area contributed by atoms with Crippen molar-refractivity contribution in [2.75, 3.05) is 24.7 Å². The molecule has 0 fully saturated rings. The third-order valence-corrected chi connectivity index (χ3v) is 3.12. The van der Waals surface area contributed by atoms with Gasteiger partial charge in [0.05, 0.1) is 23.2 Å². The van der Waals surface area contributed by atoms with E-state index in [4.69, 9.17) is 5.73 Å². The van der Waals surface area contributed by atoms with Crippen LogP contribution in [0.4, 0.5) is 11.6 Å². The fourth-order valence-electron chi connectivity index (χ4n) is 2.32.